The van der Waals surface area contributed by atoms with Gasteiger partial charge in [-0.2, -0.15) is 0 Å². The molecule has 3 aromatic carbocycles. The first-order valence-corrected chi connectivity index (χ1v) is 12.2. The number of nitrogens with zero attached hydrogens (tertiary/aromatic N) is 2. The normalized spacial score (nSPS) is 14.4. The van der Waals surface area contributed by atoms with Gasteiger partial charge in [0.25, 0.3) is 0 Å². The number of para-hydroxylation sites is 1. The summed E-state index contributed by atoms with van der Waals surface area (Å²) >= 11 is 0. The maximum atomic E-state index is 15.5. The van der Waals surface area contributed by atoms with E-state index in [-0.39, 0.29) is 29.2 Å². The summed E-state index contributed by atoms with van der Waals surface area (Å²) in [6.07, 6.45) is -0.303. The van der Waals surface area contributed by atoms with Crippen molar-refractivity contribution in [1.82, 2.24) is 4.90 Å². The molecule has 0 spiro atoms. The molecule has 9 heteroatoms. The van der Waals surface area contributed by atoms with Crippen molar-refractivity contribution in [3.05, 3.63) is 88.0 Å². The quantitative estimate of drug-likeness (QED) is 0.232. The summed E-state index contributed by atoms with van der Waals surface area (Å²) in [5.41, 5.74) is 9.93. The molecule has 0 saturated carbocycles. The highest BCUT2D eigenvalue weighted by atomic mass is 19.1. The van der Waals surface area contributed by atoms with Gasteiger partial charge in [0.05, 0.1) is 17.8 Å². The molecule has 0 saturated heterocycles. The molecule has 0 aliphatic carbocycles. The lowest BCUT2D eigenvalue weighted by Gasteiger charge is -2.24. The molecule has 0 amide bonds. The molecule has 0 bridgehead atoms. The van der Waals surface area contributed by atoms with Crippen LogP contribution in [0.25, 0.3) is 0 Å². The van der Waals surface area contributed by atoms with Gasteiger partial charge in [0.2, 0.25) is 0 Å². The number of hydrogen-bond donors (Lipinski definition) is 3. The molecule has 1 heterocycles. The SMILES string of the molecule is CCN(N)c1ccc(C(CC(=O)O)c2ccc(C)c(CN3CCOc4c(F)cccc4C3)c2)c(F)c1N. The minimum atomic E-state index is -1.05. The molecule has 1 atom stereocenters. The van der Waals surface area contributed by atoms with Crippen LogP contribution in [0, 0.1) is 18.6 Å². The Morgan fingerprint density at radius 3 is 2.73 bits per heavy atom. The zero-order chi connectivity index (χ0) is 26.7. The number of rotatable bonds is 8. The standard InChI is InChI=1S/C28H32F2N4O3/c1-3-34(32)24-10-9-21(26(30)27(24)31)22(14-25(35)36)18-8-7-17(2)20(13-18)16-33-11-12-37-28-19(15-33)5-4-6-23(28)29/h4-10,13,22H,3,11-12,14-16,31-32H2,1-2H3,(H,35,36). The molecule has 1 aliphatic heterocycles. The van der Waals surface area contributed by atoms with Gasteiger partial charge in [0.15, 0.2) is 17.4 Å². The van der Waals surface area contributed by atoms with Gasteiger partial charge in [0.1, 0.15) is 6.61 Å². The monoisotopic (exact) mass is 510 g/mol. The van der Waals surface area contributed by atoms with Crippen molar-refractivity contribution in [1.29, 1.82) is 0 Å². The van der Waals surface area contributed by atoms with E-state index in [0.29, 0.717) is 44.0 Å². The maximum Gasteiger partial charge on any atom is 0.304 e. The van der Waals surface area contributed by atoms with E-state index < -0.39 is 17.7 Å². The van der Waals surface area contributed by atoms with Gasteiger partial charge >= 0.3 is 5.97 Å². The highest BCUT2D eigenvalue weighted by Crippen LogP contribution is 2.37. The Hall–Kier alpha value is -3.69. The van der Waals surface area contributed by atoms with Crippen LogP contribution in [-0.2, 0) is 17.9 Å². The Labute approximate surface area is 215 Å². The van der Waals surface area contributed by atoms with Gasteiger partial charge in [-0.3, -0.25) is 9.69 Å². The number of fused-ring (bicyclic) bond motifs is 1. The second kappa shape index (κ2) is 11.1. The fourth-order valence-electron chi connectivity index (χ4n) is 4.76. The average Bonchev–Trinajstić information content (AvgIpc) is 3.08. The topological polar surface area (TPSA) is 105 Å². The van der Waals surface area contributed by atoms with Crippen LogP contribution in [0.5, 0.6) is 5.75 Å². The van der Waals surface area contributed by atoms with Crippen molar-refractivity contribution in [2.75, 3.05) is 30.4 Å². The van der Waals surface area contributed by atoms with E-state index in [1.54, 1.807) is 18.2 Å². The predicted octanol–water partition coefficient (Wildman–Crippen LogP) is 4.56. The second-order valence-corrected chi connectivity index (χ2v) is 9.31. The minimum Gasteiger partial charge on any atom is -0.489 e. The Bertz CT molecular complexity index is 1300. The maximum absolute atomic E-state index is 15.5. The summed E-state index contributed by atoms with van der Waals surface area (Å²) in [7, 11) is 0. The zero-order valence-corrected chi connectivity index (χ0v) is 21.0. The van der Waals surface area contributed by atoms with E-state index in [9.17, 15) is 14.3 Å². The number of benzene rings is 3. The molecular formula is C28H32F2N4O3. The molecule has 0 aromatic heterocycles. The third-order valence-corrected chi connectivity index (χ3v) is 6.86. The van der Waals surface area contributed by atoms with Crippen LogP contribution in [0.4, 0.5) is 20.2 Å². The number of carbonyl (C=O) groups is 1. The second-order valence-electron chi connectivity index (χ2n) is 9.31. The summed E-state index contributed by atoms with van der Waals surface area (Å²) in [5, 5.41) is 11.0. The first-order valence-electron chi connectivity index (χ1n) is 12.2. The highest BCUT2D eigenvalue weighted by Gasteiger charge is 2.25. The fourth-order valence-corrected chi connectivity index (χ4v) is 4.76. The van der Waals surface area contributed by atoms with Crippen LogP contribution in [-0.4, -0.2) is 35.7 Å². The Kier molecular flexibility index (Phi) is 7.94. The molecule has 4 rings (SSSR count). The molecule has 5 N–H and O–H groups in total. The number of anilines is 2. The van der Waals surface area contributed by atoms with Gasteiger partial charge in [-0.05, 0) is 48.2 Å². The summed E-state index contributed by atoms with van der Waals surface area (Å²) in [6, 6.07) is 13.7. The molecule has 1 aliphatic rings. The van der Waals surface area contributed by atoms with Crippen molar-refractivity contribution >= 4 is 17.3 Å². The minimum absolute atomic E-state index is 0.111. The van der Waals surface area contributed by atoms with Crippen LogP contribution in [0.1, 0.15) is 47.1 Å². The summed E-state index contributed by atoms with van der Waals surface area (Å²) in [5.74, 6) is 3.36. The lowest BCUT2D eigenvalue weighted by Crippen LogP contribution is -2.31. The summed E-state index contributed by atoms with van der Waals surface area (Å²) < 4.78 is 35.3. The van der Waals surface area contributed by atoms with Crippen LogP contribution >= 0.6 is 0 Å². The highest BCUT2D eigenvalue weighted by molar-refractivity contribution is 5.72. The number of aliphatic carboxylic acids is 1. The number of hydrazine groups is 1. The molecule has 1 unspecified atom stereocenters. The first-order chi connectivity index (χ1) is 17.7. The lowest BCUT2D eigenvalue weighted by atomic mass is 9.86. The molecule has 0 radical (unpaired) electrons. The summed E-state index contributed by atoms with van der Waals surface area (Å²) in [6.45, 7) is 6.22. The molecule has 196 valence electrons. The number of carboxylic acid groups (broad SMARTS) is 1. The van der Waals surface area contributed by atoms with Crippen LogP contribution in [0.3, 0.4) is 0 Å². The molecule has 7 nitrogen and oxygen atoms in total. The smallest absolute Gasteiger partial charge is 0.304 e. The third-order valence-electron chi connectivity index (χ3n) is 6.86. The molecule has 37 heavy (non-hydrogen) atoms. The Morgan fingerprint density at radius 1 is 1.22 bits per heavy atom. The number of nitrogens with two attached hydrogens (primary N) is 2. The number of ether oxygens (including phenoxy) is 1. The van der Waals surface area contributed by atoms with Gasteiger partial charge in [-0.1, -0.05) is 36.4 Å². The number of nitrogen functional groups attached to an aromatic ring is 1. The van der Waals surface area contributed by atoms with Crippen molar-refractivity contribution in [2.45, 2.75) is 39.3 Å². The lowest BCUT2D eigenvalue weighted by molar-refractivity contribution is -0.137. The largest absolute Gasteiger partial charge is 0.489 e. The molecular weight excluding hydrogens is 478 g/mol. The number of aryl methyl sites for hydroxylation is 1. The van der Waals surface area contributed by atoms with E-state index in [0.717, 1.165) is 16.7 Å². The van der Waals surface area contributed by atoms with Crippen LogP contribution in [0.2, 0.25) is 0 Å². The third kappa shape index (κ3) is 5.68. The number of hydrogen-bond acceptors (Lipinski definition) is 6. The average molecular weight is 511 g/mol. The molecule has 3 aromatic rings. The number of halogens is 2. The van der Waals surface area contributed by atoms with Crippen LogP contribution in [0.15, 0.2) is 48.5 Å². The van der Waals surface area contributed by atoms with Gasteiger partial charge in [-0.25, -0.2) is 14.6 Å². The Morgan fingerprint density at radius 2 is 2.00 bits per heavy atom. The van der Waals surface area contributed by atoms with Crippen LogP contribution < -0.4 is 21.3 Å². The Balaban J connectivity index is 1.67. The number of carboxylic acids is 1. The summed E-state index contributed by atoms with van der Waals surface area (Å²) in [4.78, 5) is 13.9. The zero-order valence-electron chi connectivity index (χ0n) is 21.0. The van der Waals surface area contributed by atoms with Crippen molar-refractivity contribution in [2.24, 2.45) is 5.84 Å². The molecule has 0 fully saturated rings. The van der Waals surface area contributed by atoms with E-state index in [1.165, 1.54) is 11.1 Å². The fraction of sp³-hybridized carbons (Fsp3) is 0.321. The van der Waals surface area contributed by atoms with Crippen molar-refractivity contribution in [3.63, 3.8) is 0 Å². The van der Waals surface area contributed by atoms with Crippen molar-refractivity contribution in [3.8, 4) is 5.75 Å². The van der Waals surface area contributed by atoms with Crippen molar-refractivity contribution < 1.29 is 23.4 Å². The van der Waals surface area contributed by atoms with E-state index in [2.05, 4.69) is 4.90 Å². The van der Waals surface area contributed by atoms with Gasteiger partial charge < -0.3 is 20.6 Å². The van der Waals surface area contributed by atoms with Gasteiger partial charge in [-0.15, -0.1) is 0 Å². The van der Waals surface area contributed by atoms with E-state index in [4.69, 9.17) is 16.3 Å². The predicted molar refractivity (Wildman–Crippen MR) is 139 cm³/mol. The van der Waals surface area contributed by atoms with E-state index in [1.807, 2.05) is 38.1 Å². The van der Waals surface area contributed by atoms with Gasteiger partial charge in [0, 0.05) is 37.7 Å². The first kappa shape index (κ1) is 26.4. The van der Waals surface area contributed by atoms with E-state index >= 15 is 4.39 Å².